The van der Waals surface area contributed by atoms with Gasteiger partial charge in [-0.05, 0) is 80.3 Å². The Bertz CT molecular complexity index is 829. The molecule has 2 N–H and O–H groups in total. The van der Waals surface area contributed by atoms with Crippen LogP contribution in [0.25, 0.3) is 0 Å². The number of hydrogen-bond acceptors (Lipinski definition) is 3. The van der Waals surface area contributed by atoms with Crippen LogP contribution in [0.5, 0.6) is 0 Å². The van der Waals surface area contributed by atoms with E-state index in [0.717, 1.165) is 14.7 Å². The summed E-state index contributed by atoms with van der Waals surface area (Å²) >= 11 is 2.25. The first kappa shape index (κ1) is 23.2. The quantitative estimate of drug-likeness (QED) is 0.531. The molecule has 0 saturated carbocycles. The Morgan fingerprint density at radius 2 is 1.72 bits per heavy atom. The lowest BCUT2D eigenvalue weighted by molar-refractivity contribution is -0.123. The van der Waals surface area contributed by atoms with Crippen LogP contribution in [-0.4, -0.2) is 23.6 Å². The van der Waals surface area contributed by atoms with E-state index in [9.17, 15) is 9.59 Å². The molecule has 0 aliphatic rings. The molecule has 2 amide bonds. The van der Waals surface area contributed by atoms with Crippen LogP contribution in [-0.2, 0) is 22.5 Å². The number of halogens is 1. The van der Waals surface area contributed by atoms with E-state index in [1.165, 1.54) is 5.56 Å². The zero-order chi connectivity index (χ0) is 21.4. The van der Waals surface area contributed by atoms with E-state index in [4.69, 9.17) is 4.74 Å². The van der Waals surface area contributed by atoms with Crippen molar-refractivity contribution in [1.29, 1.82) is 0 Å². The predicted octanol–water partition coefficient (Wildman–Crippen LogP) is 4.74. The largest absolute Gasteiger partial charge is 0.444 e. The third-order valence-corrected chi connectivity index (χ3v) is 5.31. The summed E-state index contributed by atoms with van der Waals surface area (Å²) in [5.74, 6) is -0.220. The molecule has 2 aromatic carbocycles. The highest BCUT2D eigenvalue weighted by Gasteiger charge is 2.24. The van der Waals surface area contributed by atoms with Crippen LogP contribution >= 0.6 is 22.6 Å². The number of nitrogens with one attached hydrogen (secondary N) is 2. The van der Waals surface area contributed by atoms with E-state index in [2.05, 4.69) is 33.2 Å². The molecule has 0 fully saturated rings. The molecule has 1 atom stereocenters. The van der Waals surface area contributed by atoms with Crippen molar-refractivity contribution < 1.29 is 14.3 Å². The lowest BCUT2D eigenvalue weighted by Crippen LogP contribution is -2.48. The minimum atomic E-state index is -0.674. The topological polar surface area (TPSA) is 67.4 Å². The minimum absolute atomic E-state index is 0.220. The van der Waals surface area contributed by atoms with Crippen LogP contribution in [0.4, 0.5) is 4.79 Å². The number of amides is 2. The lowest BCUT2D eigenvalue weighted by atomic mass is 10.0. The monoisotopic (exact) mass is 508 g/mol. The van der Waals surface area contributed by atoms with E-state index in [-0.39, 0.29) is 5.91 Å². The fraction of sp³-hybridized carbons (Fsp3) is 0.391. The Labute approximate surface area is 186 Å². The minimum Gasteiger partial charge on any atom is -0.444 e. The van der Waals surface area contributed by atoms with Gasteiger partial charge in [0.05, 0.1) is 0 Å². The van der Waals surface area contributed by atoms with Crippen molar-refractivity contribution >= 4 is 34.6 Å². The van der Waals surface area contributed by atoms with Gasteiger partial charge in [-0.3, -0.25) is 4.79 Å². The lowest BCUT2D eigenvalue weighted by Gasteiger charge is -2.23. The summed E-state index contributed by atoms with van der Waals surface area (Å²) in [5, 5.41) is 5.67. The van der Waals surface area contributed by atoms with Crippen molar-refractivity contribution in [3.05, 3.63) is 68.8 Å². The number of ether oxygens (including phenoxy) is 1. The van der Waals surface area contributed by atoms with Gasteiger partial charge in [-0.15, -0.1) is 0 Å². The fourth-order valence-corrected chi connectivity index (χ4v) is 3.31. The second kappa shape index (κ2) is 10.6. The van der Waals surface area contributed by atoms with Crippen LogP contribution in [0, 0.1) is 10.5 Å². The van der Waals surface area contributed by atoms with Gasteiger partial charge in [0, 0.05) is 10.1 Å². The molecule has 6 heteroatoms. The summed E-state index contributed by atoms with van der Waals surface area (Å²) in [4.78, 5) is 25.1. The van der Waals surface area contributed by atoms with Gasteiger partial charge in [-0.25, -0.2) is 4.79 Å². The van der Waals surface area contributed by atoms with E-state index in [0.29, 0.717) is 19.4 Å². The maximum absolute atomic E-state index is 12.8. The first-order valence-corrected chi connectivity index (χ1v) is 10.8. The molecular weight excluding hydrogens is 479 g/mol. The fourth-order valence-electron chi connectivity index (χ4n) is 2.73. The molecule has 1 unspecified atom stereocenters. The number of carbonyl (C=O) groups excluding carboxylic acids is 2. The highest BCUT2D eigenvalue weighted by molar-refractivity contribution is 14.1. The zero-order valence-electron chi connectivity index (χ0n) is 17.4. The second-order valence-corrected chi connectivity index (χ2v) is 9.19. The molecule has 29 heavy (non-hydrogen) atoms. The number of aryl methyl sites for hydroxylation is 2. The van der Waals surface area contributed by atoms with Gasteiger partial charge >= 0.3 is 6.09 Å². The van der Waals surface area contributed by atoms with Gasteiger partial charge in [0.25, 0.3) is 0 Å². The molecule has 0 saturated heterocycles. The third-order valence-electron chi connectivity index (χ3n) is 4.26. The van der Waals surface area contributed by atoms with E-state index >= 15 is 0 Å². The summed E-state index contributed by atoms with van der Waals surface area (Å²) in [5.41, 5.74) is 2.72. The maximum Gasteiger partial charge on any atom is 0.408 e. The standard InChI is InChI=1S/C23H29IN2O3/c1-16-9-11-17(12-10-16)13-14-20(26-22(28)29-23(2,3)4)21(27)25-15-18-7-5-6-8-19(18)24/h5-12,20H,13-15H2,1-4H3,(H,25,27)(H,26,28). The molecule has 0 aliphatic carbocycles. The molecule has 2 aromatic rings. The Balaban J connectivity index is 2.03. The van der Waals surface area contributed by atoms with Gasteiger partial charge in [0.1, 0.15) is 11.6 Å². The molecule has 0 spiro atoms. The summed E-state index contributed by atoms with van der Waals surface area (Å²) in [6.07, 6.45) is 0.577. The smallest absolute Gasteiger partial charge is 0.408 e. The average Bonchev–Trinajstić information content (AvgIpc) is 2.64. The van der Waals surface area contributed by atoms with Crippen LogP contribution in [0.2, 0.25) is 0 Å². The van der Waals surface area contributed by atoms with Crippen LogP contribution in [0.1, 0.15) is 43.9 Å². The molecular formula is C23H29IN2O3. The Morgan fingerprint density at radius 1 is 1.07 bits per heavy atom. The number of rotatable bonds is 7. The number of hydrogen-bond donors (Lipinski definition) is 2. The summed E-state index contributed by atoms with van der Waals surface area (Å²) in [6, 6.07) is 15.4. The summed E-state index contributed by atoms with van der Waals surface area (Å²) < 4.78 is 6.42. The van der Waals surface area contributed by atoms with Crippen LogP contribution in [0.3, 0.4) is 0 Å². The molecule has 0 radical (unpaired) electrons. The van der Waals surface area contributed by atoms with Gasteiger partial charge in [0.2, 0.25) is 5.91 Å². The van der Waals surface area contributed by atoms with Crippen LogP contribution < -0.4 is 10.6 Å². The Kier molecular flexibility index (Phi) is 8.49. The van der Waals surface area contributed by atoms with Crippen molar-refractivity contribution in [2.75, 3.05) is 0 Å². The van der Waals surface area contributed by atoms with Crippen molar-refractivity contribution in [2.45, 2.75) is 58.7 Å². The van der Waals surface area contributed by atoms with Gasteiger partial charge < -0.3 is 15.4 Å². The van der Waals surface area contributed by atoms with Gasteiger partial charge in [-0.1, -0.05) is 48.0 Å². The van der Waals surface area contributed by atoms with E-state index in [1.54, 1.807) is 20.8 Å². The predicted molar refractivity (Wildman–Crippen MR) is 124 cm³/mol. The highest BCUT2D eigenvalue weighted by atomic mass is 127. The van der Waals surface area contributed by atoms with E-state index in [1.807, 2.05) is 55.5 Å². The van der Waals surface area contributed by atoms with Crippen molar-refractivity contribution in [1.82, 2.24) is 10.6 Å². The molecule has 0 aromatic heterocycles. The average molecular weight is 508 g/mol. The SMILES string of the molecule is Cc1ccc(CCC(NC(=O)OC(C)(C)C)C(=O)NCc2ccccc2I)cc1. The highest BCUT2D eigenvalue weighted by Crippen LogP contribution is 2.13. The first-order valence-electron chi connectivity index (χ1n) is 9.70. The Hall–Kier alpha value is -2.09. The van der Waals surface area contributed by atoms with Gasteiger partial charge in [-0.2, -0.15) is 0 Å². The van der Waals surface area contributed by atoms with Crippen molar-refractivity contribution in [2.24, 2.45) is 0 Å². The van der Waals surface area contributed by atoms with Gasteiger partial charge in [0.15, 0.2) is 0 Å². The summed E-state index contributed by atoms with van der Waals surface area (Å²) in [7, 11) is 0. The Morgan fingerprint density at radius 3 is 2.34 bits per heavy atom. The molecule has 0 heterocycles. The molecule has 2 rings (SSSR count). The maximum atomic E-state index is 12.8. The third kappa shape index (κ3) is 8.43. The number of alkyl carbamates (subject to hydrolysis) is 1. The molecule has 0 aliphatic heterocycles. The normalized spacial score (nSPS) is 12.2. The first-order chi connectivity index (χ1) is 13.6. The summed E-state index contributed by atoms with van der Waals surface area (Å²) in [6.45, 7) is 7.84. The van der Waals surface area contributed by atoms with Crippen molar-refractivity contribution in [3.8, 4) is 0 Å². The molecule has 0 bridgehead atoms. The molecule has 156 valence electrons. The van der Waals surface area contributed by atoms with E-state index < -0.39 is 17.7 Å². The van der Waals surface area contributed by atoms with Crippen molar-refractivity contribution in [3.63, 3.8) is 0 Å². The molecule has 5 nitrogen and oxygen atoms in total. The number of benzene rings is 2. The second-order valence-electron chi connectivity index (χ2n) is 8.03. The van der Waals surface area contributed by atoms with Crippen LogP contribution in [0.15, 0.2) is 48.5 Å². The zero-order valence-corrected chi connectivity index (χ0v) is 19.6. The number of carbonyl (C=O) groups is 2.